The summed E-state index contributed by atoms with van der Waals surface area (Å²) < 4.78 is 5.38. The maximum absolute atomic E-state index is 11.7. The Labute approximate surface area is 130 Å². The van der Waals surface area contributed by atoms with Gasteiger partial charge in [0.25, 0.3) is 0 Å². The van der Waals surface area contributed by atoms with Crippen molar-refractivity contribution >= 4 is 6.09 Å². The van der Waals surface area contributed by atoms with Crippen LogP contribution in [0.15, 0.2) is 48.5 Å². The SMILES string of the molecule is CC(C)NNC(=O)OCC1c2ccccc2-c2ccccc21. The Bertz CT molecular complexity index is 637. The molecule has 0 saturated heterocycles. The van der Waals surface area contributed by atoms with Gasteiger partial charge < -0.3 is 4.74 Å². The summed E-state index contributed by atoms with van der Waals surface area (Å²) in [4.78, 5) is 11.7. The number of rotatable bonds is 4. The zero-order chi connectivity index (χ0) is 15.5. The topological polar surface area (TPSA) is 50.4 Å². The van der Waals surface area contributed by atoms with Crippen LogP contribution in [0.2, 0.25) is 0 Å². The standard InChI is InChI=1S/C18H20N2O2/c1-12(2)19-20-18(21)22-11-17-15-9-5-3-7-13(15)14-8-4-6-10-16(14)17/h3-10,12,17,19H,11H2,1-2H3,(H,20,21). The van der Waals surface area contributed by atoms with E-state index in [4.69, 9.17) is 4.74 Å². The van der Waals surface area contributed by atoms with Gasteiger partial charge in [0, 0.05) is 12.0 Å². The quantitative estimate of drug-likeness (QED) is 0.850. The Kier molecular flexibility index (Phi) is 4.11. The number of benzene rings is 2. The van der Waals surface area contributed by atoms with E-state index >= 15 is 0 Å². The first-order valence-corrected chi connectivity index (χ1v) is 7.53. The van der Waals surface area contributed by atoms with Gasteiger partial charge in [0.05, 0.1) is 0 Å². The normalized spacial score (nSPS) is 12.9. The molecule has 2 aromatic rings. The second kappa shape index (κ2) is 6.20. The summed E-state index contributed by atoms with van der Waals surface area (Å²) in [6.07, 6.45) is -0.449. The highest BCUT2D eigenvalue weighted by Crippen LogP contribution is 2.44. The summed E-state index contributed by atoms with van der Waals surface area (Å²) in [6, 6.07) is 16.7. The van der Waals surface area contributed by atoms with Crippen LogP contribution < -0.4 is 10.9 Å². The van der Waals surface area contributed by atoms with Gasteiger partial charge in [0.2, 0.25) is 0 Å². The minimum atomic E-state index is -0.449. The van der Waals surface area contributed by atoms with Gasteiger partial charge >= 0.3 is 6.09 Å². The van der Waals surface area contributed by atoms with Gasteiger partial charge in [-0.1, -0.05) is 48.5 Å². The maximum Gasteiger partial charge on any atom is 0.421 e. The summed E-state index contributed by atoms with van der Waals surface area (Å²) >= 11 is 0. The van der Waals surface area contributed by atoms with Crippen LogP contribution in [0.1, 0.15) is 30.9 Å². The molecule has 1 aliphatic rings. The van der Waals surface area contributed by atoms with Crippen LogP contribution in [0, 0.1) is 0 Å². The Morgan fingerprint density at radius 3 is 2.14 bits per heavy atom. The van der Waals surface area contributed by atoms with E-state index in [0.29, 0.717) is 6.61 Å². The number of hydrogen-bond donors (Lipinski definition) is 2. The fraction of sp³-hybridized carbons (Fsp3) is 0.278. The first-order chi connectivity index (χ1) is 10.7. The Balaban J connectivity index is 1.75. The molecule has 2 aromatic carbocycles. The lowest BCUT2D eigenvalue weighted by Crippen LogP contribution is -2.42. The van der Waals surface area contributed by atoms with Gasteiger partial charge in [-0.3, -0.25) is 5.43 Å². The van der Waals surface area contributed by atoms with Crippen LogP contribution in [0.3, 0.4) is 0 Å². The highest BCUT2D eigenvalue weighted by molar-refractivity contribution is 5.79. The highest BCUT2D eigenvalue weighted by Gasteiger charge is 2.28. The van der Waals surface area contributed by atoms with E-state index in [2.05, 4.69) is 35.1 Å². The summed E-state index contributed by atoms with van der Waals surface area (Å²) in [7, 11) is 0. The van der Waals surface area contributed by atoms with Gasteiger partial charge in [-0.15, -0.1) is 0 Å². The Hall–Kier alpha value is -2.33. The number of hydrazine groups is 1. The average Bonchev–Trinajstić information content (AvgIpc) is 2.85. The summed E-state index contributed by atoms with van der Waals surface area (Å²) in [5.41, 5.74) is 10.3. The van der Waals surface area contributed by atoms with Crippen LogP contribution >= 0.6 is 0 Å². The van der Waals surface area contributed by atoms with E-state index in [9.17, 15) is 4.79 Å². The number of ether oxygens (including phenoxy) is 1. The molecule has 22 heavy (non-hydrogen) atoms. The van der Waals surface area contributed by atoms with E-state index < -0.39 is 6.09 Å². The highest BCUT2D eigenvalue weighted by atomic mass is 16.6. The number of carbonyl (C=O) groups excluding carboxylic acids is 1. The Morgan fingerprint density at radius 1 is 1.05 bits per heavy atom. The van der Waals surface area contributed by atoms with E-state index in [1.54, 1.807) is 0 Å². The molecule has 114 valence electrons. The summed E-state index contributed by atoms with van der Waals surface area (Å²) in [5.74, 6) is 0.0946. The number of nitrogens with one attached hydrogen (secondary N) is 2. The molecule has 0 radical (unpaired) electrons. The Morgan fingerprint density at radius 2 is 1.59 bits per heavy atom. The van der Waals surface area contributed by atoms with Gasteiger partial charge in [0.1, 0.15) is 6.61 Å². The van der Waals surface area contributed by atoms with Gasteiger partial charge in [-0.2, -0.15) is 0 Å². The molecule has 0 unspecified atom stereocenters. The molecular weight excluding hydrogens is 276 g/mol. The molecule has 1 amide bonds. The molecule has 0 bridgehead atoms. The van der Waals surface area contributed by atoms with Crippen molar-refractivity contribution in [3.63, 3.8) is 0 Å². The molecule has 2 N–H and O–H groups in total. The zero-order valence-electron chi connectivity index (χ0n) is 12.8. The van der Waals surface area contributed by atoms with Crippen molar-refractivity contribution in [3.05, 3.63) is 59.7 Å². The van der Waals surface area contributed by atoms with Crippen LogP contribution in [0.4, 0.5) is 4.79 Å². The third-order valence-corrected chi connectivity index (χ3v) is 3.81. The third-order valence-electron chi connectivity index (χ3n) is 3.81. The largest absolute Gasteiger partial charge is 0.448 e. The molecule has 0 aromatic heterocycles. The smallest absolute Gasteiger partial charge is 0.421 e. The summed E-state index contributed by atoms with van der Waals surface area (Å²) in [6.45, 7) is 4.23. The molecular formula is C18H20N2O2. The van der Waals surface area contributed by atoms with Gasteiger partial charge in [-0.05, 0) is 36.1 Å². The van der Waals surface area contributed by atoms with E-state index in [1.807, 2.05) is 38.1 Å². The first-order valence-electron chi connectivity index (χ1n) is 7.53. The molecule has 3 rings (SSSR count). The fourth-order valence-corrected chi connectivity index (χ4v) is 2.84. The van der Waals surface area contributed by atoms with Crippen LogP contribution in [-0.2, 0) is 4.74 Å². The molecule has 0 atom stereocenters. The van der Waals surface area contributed by atoms with E-state index in [0.717, 1.165) is 0 Å². The lowest BCUT2D eigenvalue weighted by Gasteiger charge is -2.15. The van der Waals surface area contributed by atoms with Crippen molar-refractivity contribution in [1.82, 2.24) is 10.9 Å². The van der Waals surface area contributed by atoms with Crippen LogP contribution in [0.25, 0.3) is 11.1 Å². The molecule has 4 heteroatoms. The van der Waals surface area contributed by atoms with Crippen molar-refractivity contribution in [2.75, 3.05) is 6.61 Å². The lowest BCUT2D eigenvalue weighted by atomic mass is 9.98. The van der Waals surface area contributed by atoms with Gasteiger partial charge in [-0.25, -0.2) is 10.2 Å². The van der Waals surface area contributed by atoms with Crippen molar-refractivity contribution < 1.29 is 9.53 Å². The average molecular weight is 296 g/mol. The molecule has 0 aliphatic heterocycles. The first kappa shape index (κ1) is 14.6. The number of amides is 1. The predicted octanol–water partition coefficient (Wildman–Crippen LogP) is 3.44. The third kappa shape index (κ3) is 2.83. The number of fused-ring (bicyclic) bond motifs is 3. The van der Waals surface area contributed by atoms with E-state index in [1.165, 1.54) is 22.3 Å². The molecule has 4 nitrogen and oxygen atoms in total. The van der Waals surface area contributed by atoms with Crippen molar-refractivity contribution in [1.29, 1.82) is 0 Å². The second-order valence-corrected chi connectivity index (χ2v) is 5.75. The van der Waals surface area contributed by atoms with Crippen molar-refractivity contribution in [3.8, 4) is 11.1 Å². The molecule has 0 saturated carbocycles. The van der Waals surface area contributed by atoms with Crippen LogP contribution in [-0.4, -0.2) is 18.7 Å². The van der Waals surface area contributed by atoms with Crippen molar-refractivity contribution in [2.24, 2.45) is 0 Å². The van der Waals surface area contributed by atoms with Crippen LogP contribution in [0.5, 0.6) is 0 Å². The summed E-state index contributed by atoms with van der Waals surface area (Å²) in [5, 5.41) is 0. The molecule has 0 spiro atoms. The second-order valence-electron chi connectivity index (χ2n) is 5.75. The molecule has 1 aliphatic carbocycles. The van der Waals surface area contributed by atoms with Gasteiger partial charge in [0.15, 0.2) is 0 Å². The monoisotopic (exact) mass is 296 g/mol. The molecule has 0 fully saturated rings. The molecule has 0 heterocycles. The zero-order valence-corrected chi connectivity index (χ0v) is 12.8. The van der Waals surface area contributed by atoms with Crippen molar-refractivity contribution in [2.45, 2.75) is 25.8 Å². The fourth-order valence-electron chi connectivity index (χ4n) is 2.84. The lowest BCUT2D eigenvalue weighted by molar-refractivity contribution is 0.137. The predicted molar refractivity (Wildman–Crippen MR) is 86.5 cm³/mol. The minimum absolute atomic E-state index is 0.0946. The number of hydrogen-bond acceptors (Lipinski definition) is 3. The minimum Gasteiger partial charge on any atom is -0.448 e. The number of carbonyl (C=O) groups is 1. The van der Waals surface area contributed by atoms with E-state index in [-0.39, 0.29) is 12.0 Å². The maximum atomic E-state index is 11.7.